The lowest BCUT2D eigenvalue weighted by Crippen LogP contribution is -1.96. The maximum atomic E-state index is 5.22. The molecule has 0 aliphatic rings. The molecule has 0 aromatic carbocycles. The Balaban J connectivity index is 3.01. The highest BCUT2D eigenvalue weighted by atomic mass is 32.2. The van der Waals surface area contributed by atoms with Gasteiger partial charge >= 0.3 is 0 Å². The molecule has 0 amide bonds. The minimum absolute atomic E-state index is 0.698. The predicted octanol–water partition coefficient (Wildman–Crippen LogP) is 5.57. The predicted molar refractivity (Wildman–Crippen MR) is 83.9 cm³/mol. The van der Waals surface area contributed by atoms with E-state index in [0.717, 1.165) is 5.75 Å². The summed E-state index contributed by atoms with van der Waals surface area (Å²) in [4.78, 5) is 0. The van der Waals surface area contributed by atoms with Crippen molar-refractivity contribution in [2.24, 2.45) is 0 Å². The molecule has 0 bridgehead atoms. The lowest BCUT2D eigenvalue weighted by Gasteiger charge is -2.04. The number of thiocarbonyl (C=S) groups is 1. The van der Waals surface area contributed by atoms with Crippen molar-refractivity contribution >= 4 is 28.4 Å². The van der Waals surface area contributed by atoms with E-state index in [-0.39, 0.29) is 0 Å². The Bertz CT molecular complexity index is 172. The SMILES string of the molecule is CCCCCCCCCCCSC(=S)OCC. The number of thioether (sulfide) groups is 1. The standard InChI is InChI=1S/C14H28OS2/c1-3-5-6-7-8-9-10-11-12-13-17-14(16)15-4-2/h3-13H2,1-2H3. The Morgan fingerprint density at radius 1 is 0.882 bits per heavy atom. The molecule has 0 spiro atoms. The first-order valence-corrected chi connectivity index (χ1v) is 8.50. The van der Waals surface area contributed by atoms with Crippen LogP contribution in [0.5, 0.6) is 0 Å². The van der Waals surface area contributed by atoms with E-state index >= 15 is 0 Å². The summed E-state index contributed by atoms with van der Waals surface area (Å²) in [6.07, 6.45) is 12.4. The van der Waals surface area contributed by atoms with E-state index in [1.54, 1.807) is 11.8 Å². The van der Waals surface area contributed by atoms with Crippen LogP contribution in [0.4, 0.5) is 0 Å². The van der Waals surface area contributed by atoms with E-state index in [2.05, 4.69) is 6.92 Å². The van der Waals surface area contributed by atoms with Crippen LogP contribution in [0.25, 0.3) is 0 Å². The number of hydrogen-bond acceptors (Lipinski definition) is 3. The molecule has 0 aromatic heterocycles. The molecule has 0 aromatic rings. The summed E-state index contributed by atoms with van der Waals surface area (Å²) in [5.74, 6) is 1.12. The fourth-order valence-corrected chi connectivity index (χ4v) is 2.81. The molecule has 0 N–H and O–H groups in total. The minimum atomic E-state index is 0.698. The van der Waals surface area contributed by atoms with Crippen LogP contribution in [0.1, 0.15) is 71.6 Å². The zero-order valence-electron chi connectivity index (χ0n) is 11.5. The Labute approximate surface area is 117 Å². The third kappa shape index (κ3) is 14.2. The lowest BCUT2D eigenvalue weighted by molar-refractivity contribution is 0.346. The van der Waals surface area contributed by atoms with E-state index in [1.165, 1.54) is 57.8 Å². The van der Waals surface area contributed by atoms with Crippen LogP contribution in [-0.2, 0) is 4.74 Å². The molecular weight excluding hydrogens is 248 g/mol. The van der Waals surface area contributed by atoms with Gasteiger partial charge in [0, 0.05) is 5.75 Å². The summed E-state index contributed by atoms with van der Waals surface area (Å²) in [5, 5.41) is 0. The molecule has 17 heavy (non-hydrogen) atoms. The van der Waals surface area contributed by atoms with Gasteiger partial charge in [-0.1, -0.05) is 70.1 Å². The third-order valence-electron chi connectivity index (χ3n) is 2.73. The largest absolute Gasteiger partial charge is 0.479 e. The van der Waals surface area contributed by atoms with Gasteiger partial charge in [-0.3, -0.25) is 0 Å². The second-order valence-electron chi connectivity index (χ2n) is 4.36. The van der Waals surface area contributed by atoms with Gasteiger partial charge in [0.05, 0.1) is 6.61 Å². The zero-order valence-corrected chi connectivity index (χ0v) is 13.1. The van der Waals surface area contributed by atoms with Gasteiger partial charge in [0.15, 0.2) is 0 Å². The van der Waals surface area contributed by atoms with Crippen LogP contribution in [0.15, 0.2) is 0 Å². The van der Waals surface area contributed by atoms with Crippen LogP contribution < -0.4 is 0 Å². The lowest BCUT2D eigenvalue weighted by atomic mass is 10.1. The summed E-state index contributed by atoms with van der Waals surface area (Å²) in [6.45, 7) is 4.94. The van der Waals surface area contributed by atoms with Crippen molar-refractivity contribution < 1.29 is 4.74 Å². The zero-order chi connectivity index (χ0) is 12.8. The van der Waals surface area contributed by atoms with Crippen LogP contribution in [0.2, 0.25) is 0 Å². The summed E-state index contributed by atoms with van der Waals surface area (Å²) >= 11 is 6.74. The second kappa shape index (κ2) is 14.3. The van der Waals surface area contributed by atoms with Crippen molar-refractivity contribution in [2.45, 2.75) is 71.6 Å². The molecule has 0 atom stereocenters. The molecule has 0 aliphatic heterocycles. The average Bonchev–Trinajstić information content (AvgIpc) is 2.32. The van der Waals surface area contributed by atoms with Gasteiger partial charge in [0.1, 0.15) is 0 Å². The van der Waals surface area contributed by atoms with E-state index in [4.69, 9.17) is 17.0 Å². The second-order valence-corrected chi connectivity index (χ2v) is 6.06. The molecule has 3 heteroatoms. The minimum Gasteiger partial charge on any atom is -0.479 e. The molecular formula is C14H28OS2. The Hall–Kier alpha value is 0.240. The van der Waals surface area contributed by atoms with Gasteiger partial charge in [-0.15, -0.1) is 0 Å². The van der Waals surface area contributed by atoms with Crippen molar-refractivity contribution in [3.8, 4) is 0 Å². The molecule has 0 radical (unpaired) electrons. The number of hydrogen-bond donors (Lipinski definition) is 0. The topological polar surface area (TPSA) is 9.23 Å². The smallest absolute Gasteiger partial charge is 0.219 e. The molecule has 102 valence electrons. The molecule has 0 unspecified atom stereocenters. The molecule has 0 saturated heterocycles. The van der Waals surface area contributed by atoms with E-state index in [0.29, 0.717) is 11.0 Å². The monoisotopic (exact) mass is 276 g/mol. The number of ether oxygens (including phenoxy) is 1. The fourth-order valence-electron chi connectivity index (χ4n) is 1.73. The first-order valence-electron chi connectivity index (χ1n) is 7.10. The molecule has 1 nitrogen and oxygen atoms in total. The van der Waals surface area contributed by atoms with Crippen molar-refractivity contribution in [3.63, 3.8) is 0 Å². The Morgan fingerprint density at radius 3 is 1.94 bits per heavy atom. The van der Waals surface area contributed by atoms with Gasteiger partial charge < -0.3 is 4.74 Å². The summed E-state index contributed by atoms with van der Waals surface area (Å²) in [6, 6.07) is 0. The van der Waals surface area contributed by atoms with Crippen LogP contribution in [0.3, 0.4) is 0 Å². The van der Waals surface area contributed by atoms with E-state index in [9.17, 15) is 0 Å². The van der Waals surface area contributed by atoms with Gasteiger partial charge in [0.25, 0.3) is 0 Å². The highest BCUT2D eigenvalue weighted by Crippen LogP contribution is 2.13. The molecule has 0 aliphatic carbocycles. The number of unbranched alkanes of at least 4 members (excludes halogenated alkanes) is 8. The Kier molecular flexibility index (Phi) is 14.5. The van der Waals surface area contributed by atoms with Crippen molar-refractivity contribution in [3.05, 3.63) is 0 Å². The van der Waals surface area contributed by atoms with E-state index in [1.807, 2.05) is 6.92 Å². The molecule has 0 fully saturated rings. The van der Waals surface area contributed by atoms with Gasteiger partial charge in [-0.05, 0) is 25.6 Å². The summed E-state index contributed by atoms with van der Waals surface area (Å²) in [7, 11) is 0. The molecule has 0 saturated carbocycles. The van der Waals surface area contributed by atoms with Crippen LogP contribution >= 0.6 is 24.0 Å². The van der Waals surface area contributed by atoms with Crippen molar-refractivity contribution in [1.82, 2.24) is 0 Å². The highest BCUT2D eigenvalue weighted by molar-refractivity contribution is 8.22. The fraction of sp³-hybridized carbons (Fsp3) is 0.929. The maximum absolute atomic E-state index is 5.22. The number of rotatable bonds is 11. The highest BCUT2D eigenvalue weighted by Gasteiger charge is 1.97. The summed E-state index contributed by atoms with van der Waals surface area (Å²) in [5.41, 5.74) is 0. The quantitative estimate of drug-likeness (QED) is 0.360. The van der Waals surface area contributed by atoms with Gasteiger partial charge in [-0.25, -0.2) is 0 Å². The van der Waals surface area contributed by atoms with Crippen molar-refractivity contribution in [1.29, 1.82) is 0 Å². The van der Waals surface area contributed by atoms with Crippen LogP contribution in [0, 0.1) is 0 Å². The van der Waals surface area contributed by atoms with E-state index < -0.39 is 0 Å². The Morgan fingerprint density at radius 2 is 1.41 bits per heavy atom. The van der Waals surface area contributed by atoms with Gasteiger partial charge in [-0.2, -0.15) is 0 Å². The average molecular weight is 277 g/mol. The van der Waals surface area contributed by atoms with Crippen LogP contribution in [-0.4, -0.2) is 16.7 Å². The normalized spacial score (nSPS) is 10.5. The molecule has 0 rings (SSSR count). The van der Waals surface area contributed by atoms with Gasteiger partial charge in [0.2, 0.25) is 4.38 Å². The third-order valence-corrected chi connectivity index (χ3v) is 4.05. The maximum Gasteiger partial charge on any atom is 0.219 e. The first-order chi connectivity index (χ1) is 8.31. The molecule has 0 heterocycles. The first kappa shape index (κ1) is 17.2. The summed E-state index contributed by atoms with van der Waals surface area (Å²) < 4.78 is 5.93. The van der Waals surface area contributed by atoms with Crippen molar-refractivity contribution in [2.75, 3.05) is 12.4 Å².